The van der Waals surface area contributed by atoms with Gasteiger partial charge < -0.3 is 19.7 Å². The molecule has 0 spiro atoms. The van der Waals surface area contributed by atoms with Gasteiger partial charge in [0, 0.05) is 51.1 Å². The highest BCUT2D eigenvalue weighted by Gasteiger charge is 2.15. The van der Waals surface area contributed by atoms with Crippen LogP contribution in [0.2, 0.25) is 0 Å². The van der Waals surface area contributed by atoms with E-state index in [1.54, 1.807) is 7.11 Å². The maximum absolute atomic E-state index is 5.61. The summed E-state index contributed by atoms with van der Waals surface area (Å²) in [6.45, 7) is 5.38. The maximum atomic E-state index is 5.61. The van der Waals surface area contributed by atoms with Crippen molar-refractivity contribution in [2.45, 2.75) is 13.3 Å². The van der Waals surface area contributed by atoms with E-state index < -0.39 is 0 Å². The quantitative estimate of drug-likeness (QED) is 0.440. The van der Waals surface area contributed by atoms with Crippen LogP contribution in [0.4, 0.5) is 11.4 Å². The van der Waals surface area contributed by atoms with Crippen LogP contribution in [-0.4, -0.2) is 53.2 Å². The first-order chi connectivity index (χ1) is 12.7. The Kier molecular flexibility index (Phi) is 8.02. The van der Waals surface area contributed by atoms with Crippen LogP contribution < -0.4 is 20.0 Å². The minimum absolute atomic E-state index is 0.768. The Labute approximate surface area is 156 Å². The number of anilines is 2. The molecule has 1 aromatic rings. The number of hydrogen-bond donors (Lipinski definition) is 1. The lowest BCUT2D eigenvalue weighted by Crippen LogP contribution is -2.36. The summed E-state index contributed by atoms with van der Waals surface area (Å²) in [4.78, 5) is 2.31. The molecule has 1 fully saturated rings. The predicted molar refractivity (Wildman–Crippen MR) is 109 cm³/mol. The Hall–Kier alpha value is -2.47. The van der Waals surface area contributed by atoms with Crippen LogP contribution >= 0.6 is 0 Å². The number of morpholine rings is 1. The molecule has 1 aromatic carbocycles. The Bertz CT molecular complexity index is 649. The van der Waals surface area contributed by atoms with E-state index in [-0.39, 0.29) is 0 Å². The molecule has 26 heavy (non-hydrogen) atoms. The third-order valence-electron chi connectivity index (χ3n) is 4.13. The van der Waals surface area contributed by atoms with Gasteiger partial charge in [-0.2, -0.15) is 5.10 Å². The van der Waals surface area contributed by atoms with Crippen molar-refractivity contribution < 1.29 is 9.47 Å². The minimum atomic E-state index is 0.768. The number of nitrogens with one attached hydrogen (secondary N) is 1. The summed E-state index contributed by atoms with van der Waals surface area (Å²) in [5.74, 6) is 0.820. The number of hydrogen-bond acceptors (Lipinski definition) is 6. The van der Waals surface area contributed by atoms with E-state index in [1.165, 1.54) is 0 Å². The van der Waals surface area contributed by atoms with Gasteiger partial charge in [0.2, 0.25) is 0 Å². The molecule has 1 heterocycles. The first-order valence-electron chi connectivity index (χ1n) is 8.93. The van der Waals surface area contributed by atoms with Crippen LogP contribution in [0.15, 0.2) is 47.7 Å². The smallest absolute Gasteiger partial charge is 0.146 e. The molecule has 0 saturated carbocycles. The van der Waals surface area contributed by atoms with Gasteiger partial charge in [0.05, 0.1) is 20.3 Å². The fourth-order valence-corrected chi connectivity index (χ4v) is 2.77. The van der Waals surface area contributed by atoms with Crippen molar-refractivity contribution in [3.05, 3.63) is 42.6 Å². The van der Waals surface area contributed by atoms with Crippen molar-refractivity contribution in [2.24, 2.45) is 5.10 Å². The Balaban J connectivity index is 2.07. The second-order valence-electron chi connectivity index (χ2n) is 6.09. The normalized spacial score (nSPS) is 15.7. The minimum Gasteiger partial charge on any atom is -0.494 e. The average Bonchev–Trinajstić information content (AvgIpc) is 2.68. The van der Waals surface area contributed by atoms with E-state index in [0.717, 1.165) is 55.6 Å². The van der Waals surface area contributed by atoms with E-state index in [4.69, 9.17) is 9.47 Å². The fourth-order valence-electron chi connectivity index (χ4n) is 2.77. The van der Waals surface area contributed by atoms with Crippen LogP contribution in [0.3, 0.4) is 0 Å². The van der Waals surface area contributed by atoms with Crippen LogP contribution in [0.25, 0.3) is 0 Å². The van der Waals surface area contributed by atoms with Gasteiger partial charge in [-0.05, 0) is 31.3 Å². The molecule has 6 heteroatoms. The van der Waals surface area contributed by atoms with Crippen LogP contribution in [0, 0.1) is 0 Å². The Morgan fingerprint density at radius 3 is 2.81 bits per heavy atom. The second-order valence-corrected chi connectivity index (χ2v) is 6.09. The predicted octanol–water partition coefficient (Wildman–Crippen LogP) is 3.02. The van der Waals surface area contributed by atoms with E-state index in [0.29, 0.717) is 0 Å². The molecule has 1 saturated heterocycles. The van der Waals surface area contributed by atoms with Crippen molar-refractivity contribution in [1.82, 2.24) is 5.32 Å². The van der Waals surface area contributed by atoms with E-state index in [2.05, 4.69) is 39.6 Å². The molecular weight excluding hydrogens is 328 g/mol. The largest absolute Gasteiger partial charge is 0.494 e. The maximum Gasteiger partial charge on any atom is 0.146 e. The van der Waals surface area contributed by atoms with Crippen molar-refractivity contribution >= 4 is 17.1 Å². The molecule has 0 unspecified atom stereocenters. The number of nitrogens with zero attached hydrogens (tertiary/aromatic N) is 3. The summed E-state index contributed by atoms with van der Waals surface area (Å²) in [6.07, 6.45) is 8.74. The molecule has 0 radical (unpaired) electrons. The number of methoxy groups -OCH3 is 1. The second kappa shape index (κ2) is 10.5. The molecule has 1 N–H and O–H groups in total. The summed E-state index contributed by atoms with van der Waals surface area (Å²) in [5, 5.41) is 9.49. The van der Waals surface area contributed by atoms with Gasteiger partial charge >= 0.3 is 0 Å². The molecule has 0 aliphatic carbocycles. The molecule has 142 valence electrons. The highest BCUT2D eigenvalue weighted by atomic mass is 16.5. The number of ether oxygens (including phenoxy) is 2. The number of hydrazone groups is 1. The molecular formula is C20H30N4O2. The van der Waals surface area contributed by atoms with Gasteiger partial charge in [-0.3, -0.25) is 5.01 Å². The summed E-state index contributed by atoms with van der Waals surface area (Å²) in [7, 11) is 5.52. The first-order valence-corrected chi connectivity index (χ1v) is 8.93. The Morgan fingerprint density at radius 1 is 1.35 bits per heavy atom. The summed E-state index contributed by atoms with van der Waals surface area (Å²) in [5.41, 5.74) is 3.13. The number of allylic oxidation sites excluding steroid dienone is 3. The summed E-state index contributed by atoms with van der Waals surface area (Å²) >= 11 is 0. The van der Waals surface area contributed by atoms with Crippen molar-refractivity contribution in [3.8, 4) is 5.75 Å². The lowest BCUT2D eigenvalue weighted by Gasteiger charge is -2.29. The molecule has 0 atom stereocenters. The molecule has 0 bridgehead atoms. The van der Waals surface area contributed by atoms with Crippen molar-refractivity contribution in [2.75, 3.05) is 57.4 Å². The number of benzene rings is 1. The summed E-state index contributed by atoms with van der Waals surface area (Å²) in [6, 6.07) is 6.25. The molecule has 1 aliphatic rings. The van der Waals surface area contributed by atoms with Gasteiger partial charge in [-0.25, -0.2) is 0 Å². The topological polar surface area (TPSA) is 49.3 Å². The highest BCUT2D eigenvalue weighted by molar-refractivity contribution is 5.84. The third kappa shape index (κ3) is 5.81. The van der Waals surface area contributed by atoms with Gasteiger partial charge in [-0.1, -0.05) is 12.2 Å². The van der Waals surface area contributed by atoms with E-state index in [1.807, 2.05) is 44.4 Å². The van der Waals surface area contributed by atoms with E-state index >= 15 is 0 Å². The van der Waals surface area contributed by atoms with Crippen LogP contribution in [-0.2, 0) is 4.74 Å². The zero-order chi connectivity index (χ0) is 18.8. The van der Waals surface area contributed by atoms with Crippen molar-refractivity contribution in [1.29, 1.82) is 0 Å². The monoisotopic (exact) mass is 358 g/mol. The molecule has 0 aromatic heterocycles. The molecule has 1 aliphatic heterocycles. The lowest BCUT2D eigenvalue weighted by atomic mass is 10.2. The summed E-state index contributed by atoms with van der Waals surface area (Å²) < 4.78 is 11.0. The van der Waals surface area contributed by atoms with Gasteiger partial charge in [0.25, 0.3) is 0 Å². The SMILES string of the molecule is CN/C=C\C=C/C/C(C)=N/N(C)c1ccc(N2CCOCC2)cc1OC. The highest BCUT2D eigenvalue weighted by Crippen LogP contribution is 2.32. The zero-order valence-corrected chi connectivity index (χ0v) is 16.2. The van der Waals surface area contributed by atoms with Gasteiger partial charge in [0.1, 0.15) is 11.4 Å². The molecule has 0 amide bonds. The third-order valence-corrected chi connectivity index (χ3v) is 4.13. The Morgan fingerprint density at radius 2 is 2.12 bits per heavy atom. The van der Waals surface area contributed by atoms with Crippen LogP contribution in [0.5, 0.6) is 5.75 Å². The zero-order valence-electron chi connectivity index (χ0n) is 16.2. The standard InChI is InChI=1S/C20H30N4O2/c1-17(8-6-5-7-11-21-2)22-23(3)19-10-9-18(16-20(19)25-4)24-12-14-26-15-13-24/h5-7,9-11,16,21H,8,12-15H2,1-4H3/b6-5-,11-7-,22-17+. The fraction of sp³-hybridized carbons (Fsp3) is 0.450. The average molecular weight is 358 g/mol. The van der Waals surface area contributed by atoms with E-state index in [9.17, 15) is 0 Å². The first kappa shape index (κ1) is 19.8. The lowest BCUT2D eigenvalue weighted by molar-refractivity contribution is 0.122. The number of rotatable bonds is 8. The van der Waals surface area contributed by atoms with Crippen LogP contribution in [0.1, 0.15) is 13.3 Å². The van der Waals surface area contributed by atoms with Gasteiger partial charge in [0.15, 0.2) is 0 Å². The molecule has 6 nitrogen and oxygen atoms in total. The van der Waals surface area contributed by atoms with Crippen molar-refractivity contribution in [3.63, 3.8) is 0 Å². The molecule has 2 rings (SSSR count). The van der Waals surface area contributed by atoms with Gasteiger partial charge in [-0.15, -0.1) is 0 Å².